The number of carbonyl (C=O) groups excluding carboxylic acids is 1. The molecule has 114 valence electrons. The fraction of sp³-hybridized carbons (Fsp3) is 0.588. The summed E-state index contributed by atoms with van der Waals surface area (Å²) < 4.78 is 0. The first-order valence-corrected chi connectivity index (χ1v) is 7.92. The van der Waals surface area contributed by atoms with Crippen LogP contribution in [0.1, 0.15) is 37.7 Å². The van der Waals surface area contributed by atoms with Crippen LogP contribution in [0, 0.1) is 5.92 Å². The van der Waals surface area contributed by atoms with Crippen molar-refractivity contribution in [3.63, 3.8) is 0 Å². The van der Waals surface area contributed by atoms with E-state index in [0.29, 0.717) is 31.6 Å². The number of amides is 1. The highest BCUT2D eigenvalue weighted by Gasteiger charge is 2.43. The number of hydrogen-bond acceptors (Lipinski definition) is 3. The van der Waals surface area contributed by atoms with E-state index in [1.54, 1.807) is 0 Å². The molecule has 1 heterocycles. The van der Waals surface area contributed by atoms with E-state index in [2.05, 4.69) is 0 Å². The number of hydrogen-bond donors (Lipinski definition) is 2. The number of anilines is 1. The summed E-state index contributed by atoms with van der Waals surface area (Å²) in [7, 11) is 0. The van der Waals surface area contributed by atoms with Gasteiger partial charge >= 0.3 is 0 Å². The van der Waals surface area contributed by atoms with Gasteiger partial charge in [0.05, 0.1) is 12.0 Å². The van der Waals surface area contributed by atoms with Crippen molar-refractivity contribution < 1.29 is 9.90 Å². The van der Waals surface area contributed by atoms with Gasteiger partial charge in [0.2, 0.25) is 5.91 Å². The second-order valence-electron chi connectivity index (χ2n) is 6.51. The molecular weight excluding hydrogens is 264 g/mol. The van der Waals surface area contributed by atoms with Crippen LogP contribution in [-0.2, 0) is 11.2 Å². The smallest absolute Gasteiger partial charge is 0.227 e. The number of fused-ring (bicyclic) bond motifs is 1. The molecule has 2 aliphatic rings. The van der Waals surface area contributed by atoms with Crippen LogP contribution < -0.4 is 5.73 Å². The van der Waals surface area contributed by atoms with Crippen LogP contribution in [-0.4, -0.2) is 34.6 Å². The van der Waals surface area contributed by atoms with Crippen LogP contribution in [0.5, 0.6) is 0 Å². The van der Waals surface area contributed by atoms with Crippen molar-refractivity contribution in [3.8, 4) is 0 Å². The molecule has 1 aliphatic carbocycles. The molecule has 4 nitrogen and oxygen atoms in total. The molecule has 1 saturated heterocycles. The minimum absolute atomic E-state index is 0.125. The third kappa shape index (κ3) is 2.91. The highest BCUT2D eigenvalue weighted by molar-refractivity contribution is 5.80. The Kier molecular flexibility index (Phi) is 3.89. The maximum absolute atomic E-state index is 12.5. The Bertz CT molecular complexity index is 531. The molecule has 3 rings (SSSR count). The summed E-state index contributed by atoms with van der Waals surface area (Å²) in [6.07, 6.45) is 5.28. The molecule has 1 amide bonds. The number of para-hydroxylation sites is 1. The number of nitrogens with zero attached hydrogens (tertiary/aromatic N) is 1. The Morgan fingerprint density at radius 2 is 2.14 bits per heavy atom. The van der Waals surface area contributed by atoms with Crippen LogP contribution in [0.4, 0.5) is 5.69 Å². The summed E-state index contributed by atoms with van der Waals surface area (Å²) in [5.74, 6) is 0.373. The molecular formula is C17H24N2O2. The normalized spacial score (nSPS) is 29.0. The van der Waals surface area contributed by atoms with Crippen LogP contribution in [0.3, 0.4) is 0 Å². The largest absolute Gasteiger partial charge is 0.398 e. The van der Waals surface area contributed by atoms with Crippen molar-refractivity contribution in [2.45, 2.75) is 44.1 Å². The quantitative estimate of drug-likeness (QED) is 0.818. The monoisotopic (exact) mass is 288 g/mol. The molecule has 0 spiro atoms. The van der Waals surface area contributed by atoms with E-state index >= 15 is 0 Å². The third-order valence-electron chi connectivity index (χ3n) is 5.18. The number of benzene rings is 1. The van der Waals surface area contributed by atoms with Crippen molar-refractivity contribution in [3.05, 3.63) is 29.8 Å². The molecule has 2 unspecified atom stereocenters. The van der Waals surface area contributed by atoms with E-state index < -0.39 is 5.60 Å². The van der Waals surface area contributed by atoms with E-state index in [1.165, 1.54) is 6.42 Å². The molecule has 0 radical (unpaired) electrons. The molecule has 21 heavy (non-hydrogen) atoms. The van der Waals surface area contributed by atoms with Crippen molar-refractivity contribution in [1.29, 1.82) is 0 Å². The SMILES string of the molecule is Nc1ccccc1CC(=O)N1CCC2(O)CCCCC2C1. The second-order valence-corrected chi connectivity index (χ2v) is 6.51. The Morgan fingerprint density at radius 1 is 1.33 bits per heavy atom. The Morgan fingerprint density at radius 3 is 2.95 bits per heavy atom. The Hall–Kier alpha value is -1.55. The van der Waals surface area contributed by atoms with Crippen molar-refractivity contribution >= 4 is 11.6 Å². The minimum Gasteiger partial charge on any atom is -0.398 e. The molecule has 1 aromatic carbocycles. The van der Waals surface area contributed by atoms with Crippen LogP contribution in [0.15, 0.2) is 24.3 Å². The lowest BCUT2D eigenvalue weighted by atomic mass is 9.71. The maximum atomic E-state index is 12.5. The number of likely N-dealkylation sites (tertiary alicyclic amines) is 1. The molecule has 1 saturated carbocycles. The van der Waals surface area contributed by atoms with E-state index in [9.17, 15) is 9.90 Å². The van der Waals surface area contributed by atoms with Gasteiger partial charge in [-0.3, -0.25) is 4.79 Å². The van der Waals surface area contributed by atoms with Gasteiger partial charge in [0, 0.05) is 24.7 Å². The first-order chi connectivity index (χ1) is 10.1. The van der Waals surface area contributed by atoms with Crippen LogP contribution in [0.2, 0.25) is 0 Å². The van der Waals surface area contributed by atoms with Gasteiger partial charge in [-0.25, -0.2) is 0 Å². The van der Waals surface area contributed by atoms with Gasteiger partial charge in [0.1, 0.15) is 0 Å². The molecule has 1 aromatic rings. The Labute approximate surface area is 125 Å². The number of aliphatic hydroxyl groups is 1. The lowest BCUT2D eigenvalue weighted by Gasteiger charge is -2.47. The predicted octanol–water partition coefficient (Wildman–Crippen LogP) is 1.96. The van der Waals surface area contributed by atoms with Crippen molar-refractivity contribution in [1.82, 2.24) is 4.90 Å². The number of nitrogens with two attached hydrogens (primary N) is 1. The molecule has 1 aliphatic heterocycles. The van der Waals surface area contributed by atoms with Crippen molar-refractivity contribution in [2.75, 3.05) is 18.8 Å². The summed E-state index contributed by atoms with van der Waals surface area (Å²) in [5.41, 5.74) is 6.96. The summed E-state index contributed by atoms with van der Waals surface area (Å²) in [6, 6.07) is 7.54. The summed E-state index contributed by atoms with van der Waals surface area (Å²) >= 11 is 0. The van der Waals surface area contributed by atoms with Crippen LogP contribution >= 0.6 is 0 Å². The zero-order valence-electron chi connectivity index (χ0n) is 12.4. The first-order valence-electron chi connectivity index (χ1n) is 7.92. The predicted molar refractivity (Wildman–Crippen MR) is 82.7 cm³/mol. The van der Waals surface area contributed by atoms with E-state index in [-0.39, 0.29) is 11.8 Å². The fourth-order valence-corrected chi connectivity index (χ4v) is 3.77. The van der Waals surface area contributed by atoms with E-state index in [0.717, 1.165) is 24.8 Å². The number of piperidine rings is 1. The molecule has 3 N–H and O–H groups in total. The van der Waals surface area contributed by atoms with E-state index in [1.807, 2.05) is 29.2 Å². The molecule has 0 bridgehead atoms. The van der Waals surface area contributed by atoms with Gasteiger partial charge in [-0.05, 0) is 30.9 Å². The highest BCUT2D eigenvalue weighted by Crippen LogP contribution is 2.39. The average Bonchev–Trinajstić information content (AvgIpc) is 2.48. The number of nitrogen functional groups attached to an aromatic ring is 1. The zero-order chi connectivity index (χ0) is 14.9. The standard InChI is InChI=1S/C17H24N2O2/c18-15-7-2-1-5-13(15)11-16(20)19-10-9-17(21)8-4-3-6-14(17)12-19/h1-2,5,7,14,21H,3-4,6,8-12,18H2. The maximum Gasteiger partial charge on any atom is 0.227 e. The molecule has 0 aromatic heterocycles. The van der Waals surface area contributed by atoms with Gasteiger partial charge in [-0.1, -0.05) is 31.0 Å². The topological polar surface area (TPSA) is 66.6 Å². The summed E-state index contributed by atoms with van der Waals surface area (Å²) in [6.45, 7) is 1.36. The number of carbonyl (C=O) groups is 1. The van der Waals surface area contributed by atoms with Gasteiger partial charge in [0.25, 0.3) is 0 Å². The van der Waals surface area contributed by atoms with E-state index in [4.69, 9.17) is 5.73 Å². The number of rotatable bonds is 2. The lowest BCUT2D eigenvalue weighted by Crippen LogP contribution is -2.54. The summed E-state index contributed by atoms with van der Waals surface area (Å²) in [4.78, 5) is 14.4. The van der Waals surface area contributed by atoms with Crippen molar-refractivity contribution in [2.24, 2.45) is 5.92 Å². The zero-order valence-corrected chi connectivity index (χ0v) is 12.4. The molecule has 2 atom stereocenters. The van der Waals surface area contributed by atoms with Crippen LogP contribution in [0.25, 0.3) is 0 Å². The highest BCUT2D eigenvalue weighted by atomic mass is 16.3. The fourth-order valence-electron chi connectivity index (χ4n) is 3.77. The second kappa shape index (κ2) is 5.68. The van der Waals surface area contributed by atoms with Gasteiger partial charge < -0.3 is 15.7 Å². The van der Waals surface area contributed by atoms with Gasteiger partial charge in [0.15, 0.2) is 0 Å². The lowest BCUT2D eigenvalue weighted by molar-refractivity contribution is -0.142. The van der Waals surface area contributed by atoms with Gasteiger partial charge in [-0.15, -0.1) is 0 Å². The first kappa shape index (κ1) is 14.4. The average molecular weight is 288 g/mol. The minimum atomic E-state index is -0.527. The molecule has 4 heteroatoms. The summed E-state index contributed by atoms with van der Waals surface area (Å²) in [5, 5.41) is 10.7. The molecule has 2 fully saturated rings. The Balaban J connectivity index is 1.65. The van der Waals surface area contributed by atoms with Gasteiger partial charge in [-0.2, -0.15) is 0 Å². The third-order valence-corrected chi connectivity index (χ3v) is 5.18.